The van der Waals surface area contributed by atoms with E-state index >= 15 is 0 Å². The van der Waals surface area contributed by atoms with E-state index in [2.05, 4.69) is 15.9 Å². The van der Waals surface area contributed by atoms with Crippen LogP contribution in [0.25, 0.3) is 0 Å². The van der Waals surface area contributed by atoms with Gasteiger partial charge in [-0.1, -0.05) is 27.6 Å². The maximum Gasteiger partial charge on any atom is 0.257 e. The van der Waals surface area contributed by atoms with Crippen molar-refractivity contribution in [3.63, 3.8) is 0 Å². The maximum absolute atomic E-state index is 13.6. The molecule has 4 heteroatoms. The molecular weight excluding hydrogens is 285 g/mol. The second-order valence-corrected chi connectivity index (χ2v) is 5.09. The molecule has 0 aliphatic carbocycles. The zero-order valence-corrected chi connectivity index (χ0v) is 11.1. The normalized spacial score (nSPS) is 15.7. The predicted octanol–water partition coefficient (Wildman–Crippen LogP) is 3.38. The van der Waals surface area contributed by atoms with Gasteiger partial charge in [0, 0.05) is 17.6 Å². The standard InChI is InChI=1S/C13H13BrFNO/c1-9-4-6-16(7-5-9)13(17)11-8-10(14)2-3-12(11)15/h2-4,8H,5-7H2,1H3. The van der Waals surface area contributed by atoms with Gasteiger partial charge in [-0.25, -0.2) is 4.39 Å². The van der Waals surface area contributed by atoms with E-state index in [0.29, 0.717) is 17.6 Å². The van der Waals surface area contributed by atoms with Gasteiger partial charge >= 0.3 is 0 Å². The van der Waals surface area contributed by atoms with Gasteiger partial charge in [-0.15, -0.1) is 0 Å². The Morgan fingerprint density at radius 2 is 2.24 bits per heavy atom. The summed E-state index contributed by atoms with van der Waals surface area (Å²) in [5.41, 5.74) is 1.41. The molecule has 17 heavy (non-hydrogen) atoms. The molecule has 1 aliphatic heterocycles. The van der Waals surface area contributed by atoms with Crippen LogP contribution in [0.5, 0.6) is 0 Å². The molecule has 2 rings (SSSR count). The van der Waals surface area contributed by atoms with E-state index in [1.54, 1.807) is 11.0 Å². The largest absolute Gasteiger partial charge is 0.335 e. The molecule has 0 aromatic heterocycles. The molecule has 2 nitrogen and oxygen atoms in total. The molecule has 1 amide bonds. The summed E-state index contributed by atoms with van der Waals surface area (Å²) in [7, 11) is 0. The monoisotopic (exact) mass is 297 g/mol. The fourth-order valence-electron chi connectivity index (χ4n) is 1.79. The lowest BCUT2D eigenvalue weighted by atomic mass is 10.1. The topological polar surface area (TPSA) is 20.3 Å². The zero-order chi connectivity index (χ0) is 12.4. The van der Waals surface area contributed by atoms with Crippen molar-refractivity contribution in [1.29, 1.82) is 0 Å². The van der Waals surface area contributed by atoms with Crippen molar-refractivity contribution in [3.8, 4) is 0 Å². The molecule has 1 aliphatic rings. The lowest BCUT2D eigenvalue weighted by Gasteiger charge is -2.25. The smallest absolute Gasteiger partial charge is 0.257 e. The third-order valence-corrected chi connectivity index (χ3v) is 3.38. The number of rotatable bonds is 1. The van der Waals surface area contributed by atoms with Gasteiger partial charge < -0.3 is 4.90 Å². The highest BCUT2D eigenvalue weighted by Gasteiger charge is 2.20. The number of hydrogen-bond donors (Lipinski definition) is 0. The lowest BCUT2D eigenvalue weighted by Crippen LogP contribution is -2.35. The Morgan fingerprint density at radius 1 is 1.47 bits per heavy atom. The van der Waals surface area contributed by atoms with Crippen LogP contribution in [0, 0.1) is 5.82 Å². The molecule has 0 spiro atoms. The minimum Gasteiger partial charge on any atom is -0.335 e. The molecule has 0 N–H and O–H groups in total. The van der Waals surface area contributed by atoms with E-state index < -0.39 is 5.82 Å². The quantitative estimate of drug-likeness (QED) is 0.728. The van der Waals surface area contributed by atoms with Crippen molar-refractivity contribution in [2.24, 2.45) is 0 Å². The van der Waals surface area contributed by atoms with Crippen LogP contribution in [-0.4, -0.2) is 23.9 Å². The third kappa shape index (κ3) is 2.75. The van der Waals surface area contributed by atoms with Crippen molar-refractivity contribution in [3.05, 3.63) is 45.7 Å². The molecule has 0 atom stereocenters. The molecule has 1 heterocycles. The van der Waals surface area contributed by atoms with Gasteiger partial charge in [-0.05, 0) is 31.5 Å². The first kappa shape index (κ1) is 12.3. The molecule has 90 valence electrons. The molecule has 1 aromatic carbocycles. The molecule has 0 radical (unpaired) electrons. The van der Waals surface area contributed by atoms with Crippen LogP contribution in [0.2, 0.25) is 0 Å². The van der Waals surface area contributed by atoms with Crippen molar-refractivity contribution in [2.45, 2.75) is 13.3 Å². The summed E-state index contributed by atoms with van der Waals surface area (Å²) in [5.74, 6) is -0.711. The summed E-state index contributed by atoms with van der Waals surface area (Å²) in [6.45, 7) is 3.27. The minimum absolute atomic E-state index is 0.132. The van der Waals surface area contributed by atoms with E-state index in [4.69, 9.17) is 0 Å². The average Bonchev–Trinajstić information content (AvgIpc) is 2.32. The number of halogens is 2. The second kappa shape index (κ2) is 5.00. The first-order valence-electron chi connectivity index (χ1n) is 5.48. The van der Waals surface area contributed by atoms with Crippen LogP contribution >= 0.6 is 15.9 Å². The highest BCUT2D eigenvalue weighted by molar-refractivity contribution is 9.10. The minimum atomic E-state index is -0.468. The van der Waals surface area contributed by atoms with Crippen LogP contribution in [0.4, 0.5) is 4.39 Å². The Bertz CT molecular complexity index is 484. The Hall–Kier alpha value is -1.16. The van der Waals surface area contributed by atoms with Crippen LogP contribution in [0.15, 0.2) is 34.3 Å². The molecular formula is C13H13BrFNO. The van der Waals surface area contributed by atoms with Crippen molar-refractivity contribution in [1.82, 2.24) is 4.90 Å². The number of hydrogen-bond acceptors (Lipinski definition) is 1. The first-order chi connectivity index (χ1) is 8.08. The Balaban J connectivity index is 2.23. The number of carbonyl (C=O) groups is 1. The van der Waals surface area contributed by atoms with Gasteiger partial charge in [0.1, 0.15) is 5.82 Å². The van der Waals surface area contributed by atoms with Crippen molar-refractivity contribution in [2.75, 3.05) is 13.1 Å². The SMILES string of the molecule is CC1=CCN(C(=O)c2cc(Br)ccc2F)CC1. The van der Waals surface area contributed by atoms with E-state index in [0.717, 1.165) is 6.42 Å². The molecule has 0 saturated carbocycles. The fraction of sp³-hybridized carbons (Fsp3) is 0.308. The predicted molar refractivity (Wildman–Crippen MR) is 68.4 cm³/mol. The Morgan fingerprint density at radius 3 is 2.88 bits per heavy atom. The second-order valence-electron chi connectivity index (χ2n) is 4.18. The van der Waals surface area contributed by atoms with E-state index in [1.165, 1.54) is 17.7 Å². The molecule has 0 fully saturated rings. The average molecular weight is 298 g/mol. The summed E-state index contributed by atoms with van der Waals surface area (Å²) in [4.78, 5) is 13.8. The van der Waals surface area contributed by atoms with Crippen LogP contribution in [-0.2, 0) is 0 Å². The van der Waals surface area contributed by atoms with E-state index in [1.807, 2.05) is 13.0 Å². The van der Waals surface area contributed by atoms with Crippen molar-refractivity contribution >= 4 is 21.8 Å². The maximum atomic E-state index is 13.6. The van der Waals surface area contributed by atoms with Crippen LogP contribution < -0.4 is 0 Å². The fourth-order valence-corrected chi connectivity index (χ4v) is 2.15. The molecule has 0 bridgehead atoms. The van der Waals surface area contributed by atoms with Gasteiger partial charge in [0.15, 0.2) is 0 Å². The van der Waals surface area contributed by atoms with Gasteiger partial charge in [0.25, 0.3) is 5.91 Å². The van der Waals surface area contributed by atoms with Gasteiger partial charge in [0.2, 0.25) is 0 Å². The van der Waals surface area contributed by atoms with Gasteiger partial charge in [0.05, 0.1) is 5.56 Å². The highest BCUT2D eigenvalue weighted by atomic mass is 79.9. The Labute approximate surface area is 108 Å². The summed E-state index contributed by atoms with van der Waals surface area (Å²) >= 11 is 3.25. The summed E-state index contributed by atoms with van der Waals surface area (Å²) in [6.07, 6.45) is 2.87. The zero-order valence-electron chi connectivity index (χ0n) is 9.54. The number of nitrogens with zero attached hydrogens (tertiary/aromatic N) is 1. The Kier molecular flexibility index (Phi) is 3.62. The van der Waals surface area contributed by atoms with Gasteiger partial charge in [-0.3, -0.25) is 4.79 Å². The highest BCUT2D eigenvalue weighted by Crippen LogP contribution is 2.19. The van der Waals surface area contributed by atoms with E-state index in [9.17, 15) is 9.18 Å². The molecule has 0 saturated heterocycles. The van der Waals surface area contributed by atoms with E-state index in [-0.39, 0.29) is 11.5 Å². The third-order valence-electron chi connectivity index (χ3n) is 2.88. The summed E-state index contributed by atoms with van der Waals surface area (Å²) < 4.78 is 14.3. The lowest BCUT2D eigenvalue weighted by molar-refractivity contribution is 0.0764. The number of carbonyl (C=O) groups excluding carboxylic acids is 1. The summed E-state index contributed by atoms with van der Waals surface area (Å²) in [6, 6.07) is 4.43. The van der Waals surface area contributed by atoms with Gasteiger partial charge in [-0.2, -0.15) is 0 Å². The summed E-state index contributed by atoms with van der Waals surface area (Å²) in [5, 5.41) is 0. The van der Waals surface area contributed by atoms with Crippen molar-refractivity contribution < 1.29 is 9.18 Å². The van der Waals surface area contributed by atoms with Crippen LogP contribution in [0.3, 0.4) is 0 Å². The molecule has 1 aromatic rings. The first-order valence-corrected chi connectivity index (χ1v) is 6.27. The van der Waals surface area contributed by atoms with Crippen LogP contribution in [0.1, 0.15) is 23.7 Å². The molecule has 0 unspecified atom stereocenters. The number of benzene rings is 1. The number of amides is 1.